The molecule has 2 aromatic heterocycles. The highest BCUT2D eigenvalue weighted by atomic mass is 35.5. The Morgan fingerprint density at radius 3 is 1.49 bits per heavy atom. The number of aromatic nitrogens is 3. The number of benzene rings is 9. The lowest BCUT2D eigenvalue weighted by Crippen LogP contribution is -2.74. The number of rotatable bonds is 8. The van der Waals surface area contributed by atoms with Crippen molar-refractivity contribution in [1.29, 1.82) is 0 Å². The molecule has 0 aliphatic heterocycles. The van der Waals surface area contributed by atoms with Crippen LogP contribution in [0.5, 0.6) is 0 Å². The van der Waals surface area contributed by atoms with Gasteiger partial charge in [-0.25, -0.2) is 15.0 Å². The van der Waals surface area contributed by atoms with Crippen molar-refractivity contribution in [2.75, 3.05) is 0 Å². The second-order valence-electron chi connectivity index (χ2n) is 14.9. The second-order valence-corrected chi connectivity index (χ2v) is 19.1. The van der Waals surface area contributed by atoms with E-state index in [1.54, 1.807) is 6.07 Å². The Morgan fingerprint density at radius 2 is 0.885 bits per heavy atom. The van der Waals surface area contributed by atoms with Crippen molar-refractivity contribution in [2.24, 2.45) is 0 Å². The Hall–Kier alpha value is -7.44. The lowest BCUT2D eigenvalue weighted by Gasteiger charge is -2.34. The van der Waals surface area contributed by atoms with Crippen molar-refractivity contribution in [3.63, 3.8) is 0 Å². The Bertz CT molecular complexity index is 3500. The van der Waals surface area contributed by atoms with Crippen LogP contribution in [0.25, 0.3) is 78.0 Å². The van der Waals surface area contributed by atoms with Crippen LogP contribution in [0.4, 0.5) is 0 Å². The van der Waals surface area contributed by atoms with Crippen molar-refractivity contribution < 1.29 is 9.90 Å². The van der Waals surface area contributed by atoms with Gasteiger partial charge in [0.1, 0.15) is 11.2 Å². The van der Waals surface area contributed by atoms with Crippen molar-refractivity contribution in [1.82, 2.24) is 15.0 Å². The monoisotopic (exact) mass is 821 g/mol. The minimum absolute atomic E-state index is 0.0142. The van der Waals surface area contributed by atoms with Crippen molar-refractivity contribution in [3.8, 4) is 45.3 Å². The van der Waals surface area contributed by atoms with Crippen LogP contribution in [0.3, 0.4) is 0 Å². The van der Waals surface area contributed by atoms with E-state index in [4.69, 9.17) is 35.1 Å². The maximum Gasteiger partial charge on any atom is 0.179 e. The summed E-state index contributed by atoms with van der Waals surface area (Å²) in [7, 11) is -2.77. The summed E-state index contributed by atoms with van der Waals surface area (Å²) < 4.78 is 41.2. The number of furan rings is 1. The fourth-order valence-electron chi connectivity index (χ4n) is 8.74. The molecule has 0 radical (unpaired) electrons. The smallest absolute Gasteiger partial charge is 0.179 e. The molecule has 0 saturated heterocycles. The molecule has 0 N–H and O–H groups in total. The standard InChI is InChI=1S/C55H36ClN3OSi/c56-39-30-33-49-51(36-39)60-50-27-15-26-47(52(49)50)46-34-35-48(45-25-14-13-24-44(45)46)55-58-53(37-16-5-1-6-17-37)57-54(59-55)38-28-31-43(32-29-38)61(40-18-7-2-8-19-40,41-20-9-3-10-21-41)42-22-11-4-12-23-42/h1-36H/i26D,27D,30D,36D. The van der Waals surface area contributed by atoms with Crippen LogP contribution < -0.4 is 20.7 Å². The molecule has 0 amide bonds. The highest BCUT2D eigenvalue weighted by Crippen LogP contribution is 2.42. The third-order valence-electron chi connectivity index (χ3n) is 11.5. The van der Waals surface area contributed by atoms with Gasteiger partial charge in [-0.15, -0.1) is 0 Å². The molecular weight excluding hydrogens is 782 g/mol. The van der Waals surface area contributed by atoms with Crippen LogP contribution in [0.1, 0.15) is 5.48 Å². The molecule has 0 fully saturated rings. The van der Waals surface area contributed by atoms with Gasteiger partial charge in [0.05, 0.1) is 5.48 Å². The zero-order valence-electron chi connectivity index (χ0n) is 36.6. The number of hydrogen-bond acceptors (Lipinski definition) is 4. The third-order valence-corrected chi connectivity index (χ3v) is 16.5. The topological polar surface area (TPSA) is 51.8 Å². The van der Waals surface area contributed by atoms with E-state index < -0.39 is 8.07 Å². The predicted molar refractivity (Wildman–Crippen MR) is 255 cm³/mol. The van der Waals surface area contributed by atoms with Gasteiger partial charge < -0.3 is 4.42 Å². The molecule has 0 saturated carbocycles. The quantitative estimate of drug-likeness (QED) is 0.113. The molecule has 0 bridgehead atoms. The molecule has 6 heteroatoms. The minimum atomic E-state index is -2.77. The molecule has 4 nitrogen and oxygen atoms in total. The molecule has 11 rings (SSSR count). The molecule has 61 heavy (non-hydrogen) atoms. The zero-order valence-corrected chi connectivity index (χ0v) is 34.4. The van der Waals surface area contributed by atoms with Crippen LogP contribution in [-0.4, -0.2) is 23.0 Å². The van der Waals surface area contributed by atoms with Gasteiger partial charge in [0.2, 0.25) is 0 Å². The van der Waals surface area contributed by atoms with Crippen molar-refractivity contribution >= 4 is 73.1 Å². The molecule has 0 unspecified atom stereocenters. The van der Waals surface area contributed by atoms with Crippen LogP contribution >= 0.6 is 11.6 Å². The lowest BCUT2D eigenvalue weighted by atomic mass is 9.92. The van der Waals surface area contributed by atoms with Gasteiger partial charge in [-0.1, -0.05) is 200 Å². The summed E-state index contributed by atoms with van der Waals surface area (Å²) in [5.41, 5.74) is 4.13. The average molecular weight is 822 g/mol. The van der Waals surface area contributed by atoms with E-state index >= 15 is 0 Å². The Labute approximate surface area is 365 Å². The summed E-state index contributed by atoms with van der Waals surface area (Å²) >= 11 is 6.33. The van der Waals surface area contributed by atoms with Crippen LogP contribution in [0.2, 0.25) is 5.02 Å². The summed E-state index contributed by atoms with van der Waals surface area (Å²) in [5.74, 6) is 1.55. The lowest BCUT2D eigenvalue weighted by molar-refractivity contribution is 0.669. The molecule has 288 valence electrons. The fourth-order valence-corrected chi connectivity index (χ4v) is 13.6. The van der Waals surface area contributed by atoms with E-state index in [1.165, 1.54) is 26.8 Å². The number of halogens is 1. The van der Waals surface area contributed by atoms with Gasteiger partial charge >= 0.3 is 0 Å². The summed E-state index contributed by atoms with van der Waals surface area (Å²) in [4.78, 5) is 15.4. The average Bonchev–Trinajstić information content (AvgIpc) is 3.74. The van der Waals surface area contributed by atoms with E-state index in [0.717, 1.165) is 33.0 Å². The fraction of sp³-hybridized carbons (Fsp3) is 0. The predicted octanol–water partition coefficient (Wildman–Crippen LogP) is 11.6. The molecule has 0 atom stereocenters. The number of hydrogen-bond donors (Lipinski definition) is 0. The highest BCUT2D eigenvalue weighted by molar-refractivity contribution is 7.19. The Kier molecular flexibility index (Phi) is 8.13. The van der Waals surface area contributed by atoms with Gasteiger partial charge in [-0.2, -0.15) is 0 Å². The molecule has 0 spiro atoms. The van der Waals surface area contributed by atoms with E-state index in [1.807, 2.05) is 66.7 Å². The van der Waals surface area contributed by atoms with Gasteiger partial charge in [0.15, 0.2) is 25.5 Å². The van der Waals surface area contributed by atoms with E-state index in [2.05, 4.69) is 115 Å². The van der Waals surface area contributed by atoms with Gasteiger partial charge in [-0.05, 0) is 66.9 Å². The van der Waals surface area contributed by atoms with E-state index in [0.29, 0.717) is 33.8 Å². The maximum absolute atomic E-state index is 9.22. The first-order valence-electron chi connectivity index (χ1n) is 22.0. The number of nitrogens with zero attached hydrogens (tertiary/aromatic N) is 3. The van der Waals surface area contributed by atoms with Crippen molar-refractivity contribution in [2.45, 2.75) is 0 Å². The summed E-state index contributed by atoms with van der Waals surface area (Å²) in [6, 6.07) is 66.0. The van der Waals surface area contributed by atoms with Crippen LogP contribution in [0.15, 0.2) is 223 Å². The Balaban J connectivity index is 1.10. The zero-order chi connectivity index (χ0) is 44.2. The molecule has 11 aromatic rings. The minimum Gasteiger partial charge on any atom is -0.456 e. The second kappa shape index (κ2) is 15.3. The summed E-state index contributed by atoms with van der Waals surface area (Å²) in [5, 5.41) is 7.69. The SMILES string of the molecule is [2H]c1cc2c(oc3c([2H])cc([2H])c(-c4ccc(-c5nc(-c6ccccc6)nc(-c6ccc([Si](c7ccccc7)(c7ccccc7)c7ccccc7)cc6)n5)c5ccccc45)c32)c([2H])c1Cl. The largest absolute Gasteiger partial charge is 0.456 e. The van der Waals surface area contributed by atoms with E-state index in [9.17, 15) is 1.37 Å². The highest BCUT2D eigenvalue weighted by Gasteiger charge is 2.41. The Morgan fingerprint density at radius 1 is 0.393 bits per heavy atom. The first kappa shape index (κ1) is 32.4. The van der Waals surface area contributed by atoms with Gasteiger partial charge in [-0.3, -0.25) is 0 Å². The molecule has 2 heterocycles. The number of fused-ring (bicyclic) bond motifs is 4. The first-order valence-corrected chi connectivity index (χ1v) is 22.4. The summed E-state index contributed by atoms with van der Waals surface area (Å²) in [6.45, 7) is 0. The van der Waals surface area contributed by atoms with Crippen LogP contribution in [-0.2, 0) is 0 Å². The van der Waals surface area contributed by atoms with Crippen LogP contribution in [0, 0.1) is 0 Å². The first-order chi connectivity index (χ1) is 31.8. The van der Waals surface area contributed by atoms with Gasteiger partial charge in [0.25, 0.3) is 0 Å². The maximum atomic E-state index is 9.22. The molecule has 0 aliphatic rings. The molecular formula is C55H36ClN3OSi. The summed E-state index contributed by atoms with van der Waals surface area (Å²) in [6.07, 6.45) is 0. The third kappa shape index (κ3) is 6.34. The normalized spacial score (nSPS) is 12.6. The van der Waals surface area contributed by atoms with E-state index in [-0.39, 0.29) is 40.4 Å². The molecule has 0 aliphatic carbocycles. The van der Waals surface area contributed by atoms with Gasteiger partial charge in [0, 0.05) is 38.5 Å². The van der Waals surface area contributed by atoms with Crippen molar-refractivity contribution in [3.05, 3.63) is 223 Å². The molecule has 9 aromatic carbocycles.